The molecule has 0 aromatic rings. The summed E-state index contributed by atoms with van der Waals surface area (Å²) in [6, 6.07) is 0.597. The van der Waals surface area contributed by atoms with Crippen LogP contribution in [0.15, 0.2) is 0 Å². The van der Waals surface area contributed by atoms with Gasteiger partial charge in [-0.1, -0.05) is 0 Å². The van der Waals surface area contributed by atoms with E-state index in [9.17, 15) is 4.39 Å². The first kappa shape index (κ1) is 12.3. The van der Waals surface area contributed by atoms with Crippen molar-refractivity contribution in [2.24, 2.45) is 5.92 Å². The van der Waals surface area contributed by atoms with E-state index in [1.165, 1.54) is 19.3 Å². The molecule has 94 valence electrons. The van der Waals surface area contributed by atoms with Gasteiger partial charge in [-0.2, -0.15) is 0 Å². The van der Waals surface area contributed by atoms with Crippen molar-refractivity contribution in [1.29, 1.82) is 0 Å². The van der Waals surface area contributed by atoms with Gasteiger partial charge in [0.05, 0.1) is 6.67 Å². The Morgan fingerprint density at radius 3 is 2.75 bits per heavy atom. The van der Waals surface area contributed by atoms with Crippen LogP contribution in [0.2, 0.25) is 0 Å². The van der Waals surface area contributed by atoms with E-state index < -0.39 is 0 Å². The molecule has 0 bridgehead atoms. The van der Waals surface area contributed by atoms with Gasteiger partial charge < -0.3 is 5.32 Å². The highest BCUT2D eigenvalue weighted by molar-refractivity contribution is 5.01. The minimum Gasteiger partial charge on any atom is -0.310 e. The first-order valence-corrected chi connectivity index (χ1v) is 6.71. The fourth-order valence-electron chi connectivity index (χ4n) is 2.94. The van der Waals surface area contributed by atoms with Gasteiger partial charge in [-0.3, -0.25) is 9.29 Å². The van der Waals surface area contributed by atoms with E-state index >= 15 is 0 Å². The molecule has 2 aliphatic rings. The quantitative estimate of drug-likeness (QED) is 0.793. The Hall–Kier alpha value is -0.150. The van der Waals surface area contributed by atoms with Crippen molar-refractivity contribution >= 4 is 0 Å². The molecule has 1 saturated carbocycles. The topological polar surface area (TPSA) is 15.3 Å². The van der Waals surface area contributed by atoms with Crippen LogP contribution in [0.3, 0.4) is 0 Å². The van der Waals surface area contributed by atoms with E-state index in [0.717, 1.165) is 25.6 Å². The molecule has 1 aliphatic heterocycles. The standard InChI is InChI=1S/C13H25FN2/c1-11-6-8-15-13(2,12-4-5-12)10-16(11)9-3-7-14/h11-12,15H,3-10H2,1-2H3. The SMILES string of the molecule is CC1CCNC(C)(C2CC2)CN1CCCF. The van der Waals surface area contributed by atoms with Crippen LogP contribution in [0.5, 0.6) is 0 Å². The number of hydrogen-bond acceptors (Lipinski definition) is 2. The Kier molecular flexibility index (Phi) is 3.85. The van der Waals surface area contributed by atoms with Crippen LogP contribution < -0.4 is 5.32 Å². The van der Waals surface area contributed by atoms with E-state index in [2.05, 4.69) is 24.1 Å². The second-order valence-electron chi connectivity index (χ2n) is 5.77. The lowest BCUT2D eigenvalue weighted by Crippen LogP contribution is -2.51. The second-order valence-corrected chi connectivity index (χ2v) is 5.77. The number of nitrogens with one attached hydrogen (secondary N) is 1. The molecule has 2 rings (SSSR count). The number of alkyl halides is 1. The van der Waals surface area contributed by atoms with Crippen molar-refractivity contribution < 1.29 is 4.39 Å². The van der Waals surface area contributed by atoms with Gasteiger partial charge in [0.15, 0.2) is 0 Å². The molecule has 1 heterocycles. The summed E-state index contributed by atoms with van der Waals surface area (Å²) >= 11 is 0. The molecule has 2 nitrogen and oxygen atoms in total. The summed E-state index contributed by atoms with van der Waals surface area (Å²) < 4.78 is 12.3. The molecule has 2 unspecified atom stereocenters. The van der Waals surface area contributed by atoms with Crippen molar-refractivity contribution in [3.63, 3.8) is 0 Å². The third kappa shape index (κ3) is 2.75. The highest BCUT2D eigenvalue weighted by atomic mass is 19.1. The van der Waals surface area contributed by atoms with Gasteiger partial charge in [-0.05, 0) is 52.0 Å². The summed E-state index contributed by atoms with van der Waals surface area (Å²) in [6.45, 7) is 7.57. The molecule has 1 aliphatic carbocycles. The first-order chi connectivity index (χ1) is 7.65. The number of halogens is 1. The molecule has 0 aromatic heterocycles. The lowest BCUT2D eigenvalue weighted by atomic mass is 9.95. The summed E-state index contributed by atoms with van der Waals surface area (Å²) in [5.74, 6) is 0.852. The van der Waals surface area contributed by atoms with Gasteiger partial charge in [0.1, 0.15) is 0 Å². The lowest BCUT2D eigenvalue weighted by molar-refractivity contribution is 0.157. The summed E-state index contributed by atoms with van der Waals surface area (Å²) in [7, 11) is 0. The van der Waals surface area contributed by atoms with Gasteiger partial charge in [0.25, 0.3) is 0 Å². The minimum atomic E-state index is -0.184. The maximum atomic E-state index is 12.3. The van der Waals surface area contributed by atoms with Crippen molar-refractivity contribution in [2.45, 2.75) is 51.1 Å². The molecule has 0 aromatic carbocycles. The monoisotopic (exact) mass is 228 g/mol. The average molecular weight is 228 g/mol. The van der Waals surface area contributed by atoms with E-state index in [1.807, 2.05) is 0 Å². The van der Waals surface area contributed by atoms with Gasteiger partial charge >= 0.3 is 0 Å². The predicted molar refractivity (Wildman–Crippen MR) is 65.4 cm³/mol. The summed E-state index contributed by atoms with van der Waals surface area (Å²) in [5.41, 5.74) is 0.279. The van der Waals surface area contributed by atoms with Gasteiger partial charge in [0.2, 0.25) is 0 Å². The van der Waals surface area contributed by atoms with Crippen molar-refractivity contribution in [3.05, 3.63) is 0 Å². The van der Waals surface area contributed by atoms with E-state index in [4.69, 9.17) is 0 Å². The Balaban J connectivity index is 1.97. The molecule has 2 atom stereocenters. The van der Waals surface area contributed by atoms with E-state index in [0.29, 0.717) is 12.5 Å². The Morgan fingerprint density at radius 2 is 2.12 bits per heavy atom. The van der Waals surface area contributed by atoms with Gasteiger partial charge in [0, 0.05) is 24.7 Å². The van der Waals surface area contributed by atoms with Crippen LogP contribution in [0.1, 0.15) is 39.5 Å². The molecule has 0 radical (unpaired) electrons. The Labute approximate surface area is 98.6 Å². The van der Waals surface area contributed by atoms with Crippen LogP contribution >= 0.6 is 0 Å². The lowest BCUT2D eigenvalue weighted by Gasteiger charge is -2.35. The zero-order chi connectivity index (χ0) is 11.6. The molecule has 16 heavy (non-hydrogen) atoms. The molecular formula is C13H25FN2. The van der Waals surface area contributed by atoms with Gasteiger partial charge in [-0.25, -0.2) is 0 Å². The fourth-order valence-corrected chi connectivity index (χ4v) is 2.94. The second kappa shape index (κ2) is 5.01. The van der Waals surface area contributed by atoms with E-state index in [1.54, 1.807) is 0 Å². The van der Waals surface area contributed by atoms with Crippen molar-refractivity contribution in [1.82, 2.24) is 10.2 Å². The summed E-state index contributed by atoms with van der Waals surface area (Å²) in [6.07, 6.45) is 4.61. The summed E-state index contributed by atoms with van der Waals surface area (Å²) in [4.78, 5) is 2.48. The van der Waals surface area contributed by atoms with Crippen LogP contribution in [0.4, 0.5) is 4.39 Å². The number of hydrogen-bond donors (Lipinski definition) is 1. The maximum Gasteiger partial charge on any atom is 0.0906 e. The Morgan fingerprint density at radius 1 is 1.38 bits per heavy atom. The highest BCUT2D eigenvalue weighted by Gasteiger charge is 2.43. The van der Waals surface area contributed by atoms with Crippen molar-refractivity contribution in [3.8, 4) is 0 Å². The fraction of sp³-hybridized carbons (Fsp3) is 1.00. The van der Waals surface area contributed by atoms with E-state index in [-0.39, 0.29) is 12.2 Å². The minimum absolute atomic E-state index is 0.184. The normalized spacial score (nSPS) is 37.3. The maximum absolute atomic E-state index is 12.3. The van der Waals surface area contributed by atoms with Crippen LogP contribution in [-0.2, 0) is 0 Å². The largest absolute Gasteiger partial charge is 0.310 e. The third-order valence-corrected chi connectivity index (χ3v) is 4.30. The molecule has 0 amide bonds. The molecule has 1 N–H and O–H groups in total. The number of rotatable bonds is 4. The molecule has 2 fully saturated rings. The van der Waals surface area contributed by atoms with Gasteiger partial charge in [-0.15, -0.1) is 0 Å². The molecule has 0 spiro atoms. The smallest absolute Gasteiger partial charge is 0.0906 e. The van der Waals surface area contributed by atoms with Crippen LogP contribution in [0, 0.1) is 5.92 Å². The third-order valence-electron chi connectivity index (χ3n) is 4.30. The zero-order valence-corrected chi connectivity index (χ0v) is 10.6. The summed E-state index contributed by atoms with van der Waals surface area (Å²) in [5, 5.41) is 3.72. The molecular weight excluding hydrogens is 203 g/mol. The predicted octanol–water partition coefficient (Wildman–Crippen LogP) is 2.20. The zero-order valence-electron chi connectivity index (χ0n) is 10.6. The van der Waals surface area contributed by atoms with Crippen molar-refractivity contribution in [2.75, 3.05) is 26.3 Å². The van der Waals surface area contributed by atoms with Crippen LogP contribution in [0.25, 0.3) is 0 Å². The van der Waals surface area contributed by atoms with Crippen LogP contribution in [-0.4, -0.2) is 42.8 Å². The Bertz CT molecular complexity index is 230. The first-order valence-electron chi connectivity index (χ1n) is 6.71. The molecule has 3 heteroatoms. The number of nitrogens with zero attached hydrogens (tertiary/aromatic N) is 1. The highest BCUT2D eigenvalue weighted by Crippen LogP contribution is 2.41. The average Bonchev–Trinajstić information content (AvgIpc) is 3.06. The molecule has 1 saturated heterocycles.